The van der Waals surface area contributed by atoms with E-state index in [1.807, 2.05) is 72.0 Å². The van der Waals surface area contributed by atoms with Gasteiger partial charge >= 0.3 is 0 Å². The summed E-state index contributed by atoms with van der Waals surface area (Å²) >= 11 is 1.87. The van der Waals surface area contributed by atoms with Gasteiger partial charge in [0.05, 0.1) is 11.0 Å². The lowest BCUT2D eigenvalue weighted by atomic mass is 10.0. The molecule has 10 rings (SSSR count). The number of thiophene rings is 1. The van der Waals surface area contributed by atoms with Gasteiger partial charge in [0, 0.05) is 53.3 Å². The molecule has 0 fully saturated rings. The Bertz CT molecular complexity index is 2780. The smallest absolute Gasteiger partial charge is 0.164 e. The first-order valence-corrected chi connectivity index (χ1v) is 17.5. The Morgan fingerprint density at radius 1 is 0.400 bits per heavy atom. The zero-order chi connectivity index (χ0) is 33.0. The molecule has 0 aliphatic rings. The van der Waals surface area contributed by atoms with Gasteiger partial charge in [-0.15, -0.1) is 11.3 Å². The average molecular weight is 657 g/mol. The molecule has 0 N–H and O–H groups in total. The van der Waals surface area contributed by atoms with Gasteiger partial charge in [-0.3, -0.25) is 0 Å². The van der Waals surface area contributed by atoms with Crippen LogP contribution >= 0.6 is 11.3 Å². The number of rotatable bonds is 5. The molecule has 0 atom stereocenters. The molecule has 234 valence electrons. The van der Waals surface area contributed by atoms with Crippen molar-refractivity contribution in [3.05, 3.63) is 170 Å². The van der Waals surface area contributed by atoms with Crippen molar-refractivity contribution in [2.45, 2.75) is 0 Å². The van der Waals surface area contributed by atoms with Crippen LogP contribution in [0.2, 0.25) is 0 Å². The molecule has 3 heterocycles. The van der Waals surface area contributed by atoms with E-state index in [1.165, 1.54) is 53.1 Å². The van der Waals surface area contributed by atoms with Crippen molar-refractivity contribution in [1.29, 1.82) is 0 Å². The van der Waals surface area contributed by atoms with Crippen LogP contribution in [0, 0.1) is 0 Å². The van der Waals surface area contributed by atoms with Gasteiger partial charge in [0.1, 0.15) is 0 Å². The minimum absolute atomic E-state index is 0.645. The highest BCUT2D eigenvalue weighted by molar-refractivity contribution is 7.26. The van der Waals surface area contributed by atoms with Crippen molar-refractivity contribution in [3.8, 4) is 51.0 Å². The van der Waals surface area contributed by atoms with Gasteiger partial charge in [-0.25, -0.2) is 15.0 Å². The highest BCUT2D eigenvalue weighted by Gasteiger charge is 2.20. The number of para-hydroxylation sites is 1. The molecule has 0 aliphatic carbocycles. The lowest BCUT2D eigenvalue weighted by Gasteiger charge is -2.11. The largest absolute Gasteiger partial charge is 0.309 e. The number of hydrogen-bond donors (Lipinski definition) is 0. The van der Waals surface area contributed by atoms with Crippen LogP contribution in [-0.2, 0) is 0 Å². The first kappa shape index (κ1) is 28.6. The third-order valence-electron chi connectivity index (χ3n) is 9.46. The minimum Gasteiger partial charge on any atom is -0.309 e. The second-order valence-corrected chi connectivity index (χ2v) is 13.5. The monoisotopic (exact) mass is 656 g/mol. The van der Waals surface area contributed by atoms with Crippen LogP contribution < -0.4 is 0 Å². The zero-order valence-electron chi connectivity index (χ0n) is 26.9. The van der Waals surface area contributed by atoms with Gasteiger partial charge in [0.2, 0.25) is 0 Å². The van der Waals surface area contributed by atoms with E-state index in [0.29, 0.717) is 17.5 Å². The zero-order valence-corrected chi connectivity index (χ0v) is 27.7. The van der Waals surface area contributed by atoms with E-state index in [0.717, 1.165) is 22.4 Å². The van der Waals surface area contributed by atoms with Gasteiger partial charge in [-0.2, -0.15) is 0 Å². The standard InChI is InChI=1S/C45H28N4S/c1-4-13-29(14-5-1)34-20-12-21-37-40-39(50-42(34)37)28-27-36-35-19-10-11-22-38(35)49(41(36)40)33-25-23-32(24-26-33)45-47-43(30-15-6-2-7-16-30)46-44(48-45)31-17-8-3-9-18-31/h1-28H. The Morgan fingerprint density at radius 3 is 1.58 bits per heavy atom. The second-order valence-electron chi connectivity index (χ2n) is 12.4. The van der Waals surface area contributed by atoms with E-state index in [2.05, 4.69) is 114 Å². The molecule has 5 heteroatoms. The summed E-state index contributed by atoms with van der Waals surface area (Å²) in [7, 11) is 0. The molecule has 50 heavy (non-hydrogen) atoms. The summed E-state index contributed by atoms with van der Waals surface area (Å²) in [6.45, 7) is 0. The molecule has 3 aromatic heterocycles. The Hall–Kier alpha value is -6.43. The molecule has 0 amide bonds. The summed E-state index contributed by atoms with van der Waals surface area (Å²) in [4.78, 5) is 14.8. The van der Waals surface area contributed by atoms with Gasteiger partial charge in [0.15, 0.2) is 17.5 Å². The Balaban J connectivity index is 1.17. The summed E-state index contributed by atoms with van der Waals surface area (Å²) in [6.07, 6.45) is 0. The van der Waals surface area contributed by atoms with Crippen molar-refractivity contribution in [2.75, 3.05) is 0 Å². The van der Waals surface area contributed by atoms with Crippen LogP contribution in [0.1, 0.15) is 0 Å². The van der Waals surface area contributed by atoms with Crippen molar-refractivity contribution >= 4 is 53.3 Å². The van der Waals surface area contributed by atoms with Crippen LogP contribution in [0.5, 0.6) is 0 Å². The molecular formula is C45H28N4S. The third-order valence-corrected chi connectivity index (χ3v) is 10.7. The van der Waals surface area contributed by atoms with Gasteiger partial charge < -0.3 is 4.57 Å². The SMILES string of the molecule is c1ccc(-c2nc(-c3ccccc3)nc(-c3ccc(-n4c5ccccc5c5ccc6sc7c(-c8ccccc8)cccc7c6c54)cc3)n2)cc1. The van der Waals surface area contributed by atoms with E-state index in [9.17, 15) is 0 Å². The van der Waals surface area contributed by atoms with Gasteiger partial charge in [0.25, 0.3) is 0 Å². The molecule has 0 bridgehead atoms. The number of benzene rings is 7. The van der Waals surface area contributed by atoms with E-state index < -0.39 is 0 Å². The highest BCUT2D eigenvalue weighted by atomic mass is 32.1. The van der Waals surface area contributed by atoms with E-state index in [4.69, 9.17) is 15.0 Å². The molecule has 0 spiro atoms. The fraction of sp³-hybridized carbons (Fsp3) is 0. The molecule has 0 radical (unpaired) electrons. The highest BCUT2D eigenvalue weighted by Crippen LogP contribution is 2.45. The predicted octanol–water partition coefficient (Wildman–Crippen LogP) is 12.0. The summed E-state index contributed by atoms with van der Waals surface area (Å²) in [6, 6.07) is 59.6. The number of hydrogen-bond acceptors (Lipinski definition) is 4. The summed E-state index contributed by atoms with van der Waals surface area (Å²) in [5, 5.41) is 5.06. The summed E-state index contributed by atoms with van der Waals surface area (Å²) in [5.74, 6) is 1.95. The van der Waals surface area contributed by atoms with Crippen molar-refractivity contribution in [3.63, 3.8) is 0 Å². The van der Waals surface area contributed by atoms with Crippen LogP contribution in [0.25, 0.3) is 93.0 Å². The quantitative estimate of drug-likeness (QED) is 0.185. The van der Waals surface area contributed by atoms with Gasteiger partial charge in [-0.05, 0) is 47.5 Å². The molecule has 0 saturated heterocycles. The maximum absolute atomic E-state index is 4.97. The fourth-order valence-corrected chi connectivity index (χ4v) is 8.39. The molecule has 7 aromatic carbocycles. The Kier molecular flexibility index (Phi) is 6.64. The summed E-state index contributed by atoms with van der Waals surface area (Å²) < 4.78 is 5.02. The van der Waals surface area contributed by atoms with Crippen LogP contribution in [0.4, 0.5) is 0 Å². The second kappa shape index (κ2) is 11.6. The summed E-state index contributed by atoms with van der Waals surface area (Å²) in [5.41, 5.74) is 8.85. The molecular weight excluding hydrogens is 629 g/mol. The topological polar surface area (TPSA) is 43.6 Å². The normalized spacial score (nSPS) is 11.6. The van der Waals surface area contributed by atoms with Crippen LogP contribution in [0.3, 0.4) is 0 Å². The first-order valence-electron chi connectivity index (χ1n) is 16.7. The van der Waals surface area contributed by atoms with Crippen LogP contribution in [0.15, 0.2) is 170 Å². The molecule has 0 saturated carbocycles. The van der Waals surface area contributed by atoms with E-state index >= 15 is 0 Å². The average Bonchev–Trinajstić information content (AvgIpc) is 3.75. The maximum atomic E-state index is 4.97. The molecule has 0 unspecified atom stereocenters. The number of fused-ring (bicyclic) bond motifs is 7. The van der Waals surface area contributed by atoms with E-state index in [1.54, 1.807) is 0 Å². The lowest BCUT2D eigenvalue weighted by molar-refractivity contribution is 1.07. The lowest BCUT2D eigenvalue weighted by Crippen LogP contribution is -2.00. The van der Waals surface area contributed by atoms with Gasteiger partial charge in [-0.1, -0.05) is 133 Å². The van der Waals surface area contributed by atoms with Crippen molar-refractivity contribution < 1.29 is 0 Å². The van der Waals surface area contributed by atoms with Crippen molar-refractivity contribution in [2.24, 2.45) is 0 Å². The molecule has 0 aliphatic heterocycles. The third kappa shape index (κ3) is 4.63. The van der Waals surface area contributed by atoms with E-state index in [-0.39, 0.29) is 0 Å². The molecule has 4 nitrogen and oxygen atoms in total. The minimum atomic E-state index is 0.645. The first-order chi connectivity index (χ1) is 24.8. The van der Waals surface area contributed by atoms with Crippen LogP contribution in [-0.4, -0.2) is 19.5 Å². The maximum Gasteiger partial charge on any atom is 0.164 e. The Labute approximate surface area is 292 Å². The number of nitrogens with zero attached hydrogens (tertiary/aromatic N) is 4. The predicted molar refractivity (Wildman–Crippen MR) is 209 cm³/mol. The Morgan fingerprint density at radius 2 is 0.940 bits per heavy atom. The number of aromatic nitrogens is 4. The van der Waals surface area contributed by atoms with Crippen molar-refractivity contribution in [1.82, 2.24) is 19.5 Å². The fourth-order valence-electron chi connectivity index (χ4n) is 7.15. The molecule has 10 aromatic rings.